The lowest BCUT2D eigenvalue weighted by atomic mass is 9.93. The number of nitrogens with zero attached hydrogens (tertiary/aromatic N) is 2. The van der Waals surface area contributed by atoms with Gasteiger partial charge in [-0.15, -0.1) is 11.3 Å². The normalized spacial score (nSPS) is 17.0. The quantitative estimate of drug-likeness (QED) is 0.906. The smallest absolute Gasteiger partial charge is 0.228 e. The van der Waals surface area contributed by atoms with Crippen molar-refractivity contribution in [3.8, 4) is 0 Å². The van der Waals surface area contributed by atoms with Gasteiger partial charge in [0.1, 0.15) is 0 Å². The van der Waals surface area contributed by atoms with Crippen LogP contribution in [0.5, 0.6) is 0 Å². The van der Waals surface area contributed by atoms with Crippen LogP contribution in [0.15, 0.2) is 5.38 Å². The molecule has 2 heterocycles. The third-order valence-corrected chi connectivity index (χ3v) is 5.61. The first kappa shape index (κ1) is 17.4. The van der Waals surface area contributed by atoms with Crippen LogP contribution in [0.2, 0.25) is 0 Å². The van der Waals surface area contributed by atoms with E-state index in [1.54, 1.807) is 11.3 Å². The van der Waals surface area contributed by atoms with Crippen LogP contribution in [-0.2, 0) is 16.6 Å². The van der Waals surface area contributed by atoms with Gasteiger partial charge in [0.15, 0.2) is 0 Å². The molecule has 4 nitrogen and oxygen atoms in total. The van der Waals surface area contributed by atoms with E-state index in [-0.39, 0.29) is 11.3 Å². The van der Waals surface area contributed by atoms with Crippen LogP contribution in [0.1, 0.15) is 50.7 Å². The lowest BCUT2D eigenvalue weighted by molar-refractivity contribution is -0.131. The van der Waals surface area contributed by atoms with E-state index in [1.807, 2.05) is 17.3 Å². The van der Waals surface area contributed by atoms with Crippen LogP contribution < -0.4 is 5.32 Å². The number of thiazole rings is 1. The van der Waals surface area contributed by atoms with Crippen LogP contribution in [0.4, 0.5) is 0 Å². The van der Waals surface area contributed by atoms with Crippen LogP contribution in [0.3, 0.4) is 0 Å². The van der Waals surface area contributed by atoms with Gasteiger partial charge in [-0.25, -0.2) is 4.98 Å². The van der Waals surface area contributed by atoms with Gasteiger partial charge in [-0.3, -0.25) is 4.79 Å². The van der Waals surface area contributed by atoms with Crippen molar-refractivity contribution in [2.24, 2.45) is 5.92 Å². The Morgan fingerprint density at radius 1 is 1.41 bits per heavy atom. The molecule has 1 saturated heterocycles. The van der Waals surface area contributed by atoms with E-state index in [9.17, 15) is 4.79 Å². The zero-order chi connectivity index (χ0) is 16.2. The largest absolute Gasteiger partial charge is 0.342 e. The maximum absolute atomic E-state index is 12.4. The molecule has 0 unspecified atom stereocenters. The van der Waals surface area contributed by atoms with Gasteiger partial charge in [-0.05, 0) is 38.8 Å². The second-order valence-corrected chi connectivity index (χ2v) is 8.15. The highest BCUT2D eigenvalue weighted by molar-refractivity contribution is 7.09. The molecule has 22 heavy (non-hydrogen) atoms. The Morgan fingerprint density at radius 3 is 2.64 bits per heavy atom. The van der Waals surface area contributed by atoms with E-state index >= 15 is 0 Å². The Bertz CT molecular complexity index is 484. The lowest BCUT2D eigenvalue weighted by Crippen LogP contribution is -2.39. The molecular weight excluding hydrogens is 294 g/mol. The number of hydrogen-bond acceptors (Lipinski definition) is 4. The van der Waals surface area contributed by atoms with Crippen molar-refractivity contribution in [3.05, 3.63) is 16.1 Å². The number of carbonyl (C=O) groups excluding carboxylic acids is 1. The van der Waals surface area contributed by atoms with Crippen molar-refractivity contribution in [1.82, 2.24) is 15.2 Å². The van der Waals surface area contributed by atoms with Crippen LogP contribution in [-0.4, -0.2) is 42.5 Å². The molecule has 0 saturated carbocycles. The highest BCUT2D eigenvalue weighted by Gasteiger charge is 2.24. The van der Waals surface area contributed by atoms with Gasteiger partial charge in [0.2, 0.25) is 5.91 Å². The molecule has 0 atom stereocenters. The number of likely N-dealkylation sites (tertiary alicyclic amines) is 1. The van der Waals surface area contributed by atoms with Gasteiger partial charge in [0.25, 0.3) is 0 Å². The topological polar surface area (TPSA) is 45.2 Å². The minimum absolute atomic E-state index is 0.0671. The van der Waals surface area contributed by atoms with Crippen LogP contribution in [0, 0.1) is 5.92 Å². The standard InChI is InChI=1S/C17H29N3OS/c1-17(2,3)16-19-14(12-22-16)11-15(21)20-9-6-13(7-10-20)5-8-18-4/h12-13,18H,5-11H2,1-4H3. The Labute approximate surface area is 138 Å². The van der Waals surface area contributed by atoms with Crippen LogP contribution >= 0.6 is 11.3 Å². The zero-order valence-corrected chi connectivity index (χ0v) is 15.1. The molecule has 2 rings (SSSR count). The number of amides is 1. The first-order chi connectivity index (χ1) is 10.4. The zero-order valence-electron chi connectivity index (χ0n) is 14.3. The summed E-state index contributed by atoms with van der Waals surface area (Å²) in [6.07, 6.45) is 3.95. The third kappa shape index (κ3) is 4.78. The van der Waals surface area contributed by atoms with Gasteiger partial charge in [-0.2, -0.15) is 0 Å². The summed E-state index contributed by atoms with van der Waals surface area (Å²) in [7, 11) is 2.00. The monoisotopic (exact) mass is 323 g/mol. The van der Waals surface area contributed by atoms with E-state index in [1.165, 1.54) is 6.42 Å². The minimum Gasteiger partial charge on any atom is -0.342 e. The molecule has 1 aromatic rings. The van der Waals surface area contributed by atoms with E-state index < -0.39 is 0 Å². The lowest BCUT2D eigenvalue weighted by Gasteiger charge is -2.32. The molecule has 124 valence electrons. The Hall–Kier alpha value is -0.940. The highest BCUT2D eigenvalue weighted by Crippen LogP contribution is 2.26. The highest BCUT2D eigenvalue weighted by atomic mass is 32.1. The van der Waals surface area contributed by atoms with Crippen molar-refractivity contribution in [2.45, 2.75) is 51.9 Å². The van der Waals surface area contributed by atoms with Crippen molar-refractivity contribution < 1.29 is 4.79 Å². The molecule has 5 heteroatoms. The molecule has 1 aromatic heterocycles. The van der Waals surface area contributed by atoms with Crippen LogP contribution in [0.25, 0.3) is 0 Å². The molecule has 1 aliphatic rings. The number of carbonyl (C=O) groups is 1. The first-order valence-electron chi connectivity index (χ1n) is 8.27. The SMILES string of the molecule is CNCCC1CCN(C(=O)Cc2csc(C(C)(C)C)n2)CC1. The summed E-state index contributed by atoms with van der Waals surface area (Å²) in [5, 5.41) is 6.36. The maximum atomic E-state index is 12.4. The molecule has 1 N–H and O–H groups in total. The second kappa shape index (κ2) is 7.55. The predicted molar refractivity (Wildman–Crippen MR) is 92.4 cm³/mol. The number of piperidine rings is 1. The Morgan fingerprint density at radius 2 is 2.09 bits per heavy atom. The minimum atomic E-state index is 0.0671. The van der Waals surface area contributed by atoms with Crippen molar-refractivity contribution in [2.75, 3.05) is 26.7 Å². The average molecular weight is 324 g/mol. The van der Waals surface area contributed by atoms with Crippen molar-refractivity contribution in [1.29, 1.82) is 0 Å². The number of rotatable bonds is 5. The molecule has 0 aliphatic carbocycles. The molecule has 1 aliphatic heterocycles. The fourth-order valence-corrected chi connectivity index (χ4v) is 3.73. The van der Waals surface area contributed by atoms with Gasteiger partial charge in [0.05, 0.1) is 17.1 Å². The summed E-state index contributed by atoms with van der Waals surface area (Å²) < 4.78 is 0. The summed E-state index contributed by atoms with van der Waals surface area (Å²) in [6.45, 7) is 9.37. The van der Waals surface area contributed by atoms with E-state index in [0.717, 1.165) is 49.1 Å². The van der Waals surface area contributed by atoms with Gasteiger partial charge < -0.3 is 10.2 Å². The first-order valence-corrected chi connectivity index (χ1v) is 9.15. The fourth-order valence-electron chi connectivity index (χ4n) is 2.82. The Kier molecular flexibility index (Phi) is 5.98. The van der Waals surface area contributed by atoms with E-state index in [2.05, 4.69) is 31.1 Å². The van der Waals surface area contributed by atoms with E-state index in [4.69, 9.17) is 0 Å². The number of nitrogens with one attached hydrogen (secondary N) is 1. The van der Waals surface area contributed by atoms with Gasteiger partial charge in [-0.1, -0.05) is 20.8 Å². The van der Waals surface area contributed by atoms with Crippen molar-refractivity contribution in [3.63, 3.8) is 0 Å². The number of aromatic nitrogens is 1. The molecule has 1 amide bonds. The summed E-state index contributed by atoms with van der Waals surface area (Å²) in [5.74, 6) is 1.00. The molecule has 0 bridgehead atoms. The molecule has 0 spiro atoms. The fraction of sp³-hybridized carbons (Fsp3) is 0.765. The second-order valence-electron chi connectivity index (χ2n) is 7.29. The summed E-state index contributed by atoms with van der Waals surface area (Å²) >= 11 is 1.67. The molecule has 1 fully saturated rings. The third-order valence-electron chi connectivity index (χ3n) is 4.30. The maximum Gasteiger partial charge on any atom is 0.228 e. The molecular formula is C17H29N3OS. The average Bonchev–Trinajstić information content (AvgIpc) is 2.94. The summed E-state index contributed by atoms with van der Waals surface area (Å²) in [5.41, 5.74) is 0.995. The van der Waals surface area contributed by atoms with Crippen molar-refractivity contribution >= 4 is 17.2 Å². The molecule has 0 aromatic carbocycles. The van der Waals surface area contributed by atoms with Gasteiger partial charge in [0, 0.05) is 23.9 Å². The number of hydrogen-bond donors (Lipinski definition) is 1. The predicted octanol–water partition coefficient (Wildman–Crippen LogP) is 2.83. The molecule has 0 radical (unpaired) electrons. The summed E-state index contributed by atoms with van der Waals surface area (Å²) in [4.78, 5) is 19.1. The van der Waals surface area contributed by atoms with E-state index in [0.29, 0.717) is 6.42 Å². The Balaban J connectivity index is 1.82. The van der Waals surface area contributed by atoms with Gasteiger partial charge >= 0.3 is 0 Å². The summed E-state index contributed by atoms with van der Waals surface area (Å²) in [6, 6.07) is 0.